The van der Waals surface area contributed by atoms with Crippen LogP contribution in [0.1, 0.15) is 27.7 Å². The van der Waals surface area contributed by atoms with Gasteiger partial charge in [-0.3, -0.25) is 4.90 Å². The van der Waals surface area contributed by atoms with Crippen molar-refractivity contribution in [2.45, 2.75) is 52.4 Å². The average Bonchev–Trinajstić information content (AvgIpc) is 2.26. The van der Waals surface area contributed by atoms with Crippen LogP contribution in [0.5, 0.6) is 0 Å². The van der Waals surface area contributed by atoms with Crippen LogP contribution in [-0.2, 0) is 0 Å². The highest BCUT2D eigenvalue weighted by Crippen LogP contribution is 2.33. The lowest BCUT2D eigenvalue weighted by Crippen LogP contribution is -2.39. The Bertz CT molecular complexity index is 162. The van der Waals surface area contributed by atoms with E-state index in [0.29, 0.717) is 18.0 Å². The molecule has 1 aliphatic heterocycles. The monoisotopic (exact) mass is 203 g/mol. The lowest BCUT2D eigenvalue weighted by Gasteiger charge is -2.30. The van der Waals surface area contributed by atoms with Crippen LogP contribution >= 0.6 is 0 Å². The molecule has 0 N–H and O–H groups in total. The minimum Gasteiger partial charge on any atom is -0.313 e. The second-order valence-electron chi connectivity index (χ2n) is 5.19. The lowest BCUT2D eigenvalue weighted by atomic mass is 10.0. The van der Waals surface area contributed by atoms with Crippen LogP contribution in [0.2, 0.25) is 12.6 Å². The Morgan fingerprint density at radius 2 is 1.85 bits per heavy atom. The van der Waals surface area contributed by atoms with Gasteiger partial charge in [-0.15, -0.1) is 0 Å². The molecule has 2 unspecified atom stereocenters. The van der Waals surface area contributed by atoms with Crippen molar-refractivity contribution in [2.24, 2.45) is 5.92 Å². The summed E-state index contributed by atoms with van der Waals surface area (Å²) in [6.07, 6.45) is 0.744. The summed E-state index contributed by atoms with van der Waals surface area (Å²) in [4.78, 5) is 2.36. The Morgan fingerprint density at radius 3 is 2.15 bits per heavy atom. The SMILES string of the molecule is CC(C)C1C[Si](C)(F)CN1C(C)C. The summed E-state index contributed by atoms with van der Waals surface area (Å²) >= 11 is 0. The van der Waals surface area contributed by atoms with Crippen LogP contribution in [-0.4, -0.2) is 31.6 Å². The fraction of sp³-hybridized carbons (Fsp3) is 1.00. The maximum Gasteiger partial charge on any atom is 0.259 e. The Balaban J connectivity index is 2.71. The summed E-state index contributed by atoms with van der Waals surface area (Å²) in [6, 6.07) is 1.82. The van der Waals surface area contributed by atoms with Gasteiger partial charge in [-0.25, -0.2) is 0 Å². The zero-order valence-corrected chi connectivity index (χ0v) is 10.5. The molecule has 1 nitrogen and oxygen atoms in total. The van der Waals surface area contributed by atoms with E-state index < -0.39 is 8.41 Å². The highest BCUT2D eigenvalue weighted by molar-refractivity contribution is 6.72. The number of hydrogen-bond acceptors (Lipinski definition) is 1. The highest BCUT2D eigenvalue weighted by Gasteiger charge is 2.45. The second kappa shape index (κ2) is 3.69. The predicted octanol–water partition coefficient (Wildman–Crippen LogP) is 2.82. The molecule has 0 aliphatic carbocycles. The molecule has 1 heterocycles. The molecular formula is C10H22FNSi. The molecule has 2 atom stereocenters. The fourth-order valence-electron chi connectivity index (χ4n) is 2.30. The van der Waals surface area contributed by atoms with Crippen LogP contribution in [0.25, 0.3) is 0 Å². The van der Waals surface area contributed by atoms with E-state index in [4.69, 9.17) is 0 Å². The predicted molar refractivity (Wildman–Crippen MR) is 58.0 cm³/mol. The smallest absolute Gasteiger partial charge is 0.259 e. The normalized spacial score (nSPS) is 36.5. The number of hydrogen-bond donors (Lipinski definition) is 0. The summed E-state index contributed by atoms with van der Waals surface area (Å²) < 4.78 is 13.9. The van der Waals surface area contributed by atoms with Crippen LogP contribution in [0.4, 0.5) is 4.11 Å². The summed E-state index contributed by atoms with van der Waals surface area (Å²) in [5.74, 6) is 0.590. The average molecular weight is 203 g/mol. The minimum absolute atomic E-state index is 0.488. The van der Waals surface area contributed by atoms with Crippen molar-refractivity contribution in [1.82, 2.24) is 4.90 Å². The van der Waals surface area contributed by atoms with Crippen molar-refractivity contribution >= 4 is 8.41 Å². The first-order valence-corrected chi connectivity index (χ1v) is 8.07. The van der Waals surface area contributed by atoms with Crippen molar-refractivity contribution in [1.29, 1.82) is 0 Å². The molecule has 1 aliphatic rings. The third-order valence-corrected chi connectivity index (χ3v) is 5.30. The zero-order chi connectivity index (χ0) is 10.2. The van der Waals surface area contributed by atoms with E-state index in [-0.39, 0.29) is 0 Å². The molecule has 0 radical (unpaired) electrons. The maximum absolute atomic E-state index is 13.9. The van der Waals surface area contributed by atoms with Gasteiger partial charge in [-0.2, -0.15) is 0 Å². The molecule has 13 heavy (non-hydrogen) atoms. The number of rotatable bonds is 2. The lowest BCUT2D eigenvalue weighted by molar-refractivity contribution is 0.172. The Hall–Kier alpha value is 0.107. The third-order valence-electron chi connectivity index (χ3n) is 3.01. The van der Waals surface area contributed by atoms with Gasteiger partial charge < -0.3 is 4.11 Å². The van der Waals surface area contributed by atoms with Gasteiger partial charge in [0.2, 0.25) is 0 Å². The maximum atomic E-state index is 13.9. The van der Waals surface area contributed by atoms with E-state index in [1.807, 2.05) is 6.55 Å². The summed E-state index contributed by atoms with van der Waals surface area (Å²) in [5.41, 5.74) is 0. The second-order valence-corrected chi connectivity index (χ2v) is 8.75. The zero-order valence-electron chi connectivity index (χ0n) is 9.47. The Kier molecular flexibility index (Phi) is 3.18. The minimum atomic E-state index is -2.37. The molecule has 0 aromatic rings. The van der Waals surface area contributed by atoms with Gasteiger partial charge in [0, 0.05) is 18.3 Å². The van der Waals surface area contributed by atoms with E-state index in [2.05, 4.69) is 32.6 Å². The largest absolute Gasteiger partial charge is 0.313 e. The molecule has 0 aromatic carbocycles. The third kappa shape index (κ3) is 2.53. The van der Waals surface area contributed by atoms with Gasteiger partial charge in [0.15, 0.2) is 0 Å². The molecule has 0 amide bonds. The first kappa shape index (κ1) is 11.2. The van der Waals surface area contributed by atoms with Crippen LogP contribution in [0.3, 0.4) is 0 Å². The Labute approximate surface area is 82.5 Å². The van der Waals surface area contributed by atoms with Crippen molar-refractivity contribution in [3.8, 4) is 0 Å². The fourth-order valence-corrected chi connectivity index (χ4v) is 5.37. The number of nitrogens with zero attached hydrogens (tertiary/aromatic N) is 1. The first-order chi connectivity index (χ1) is 5.83. The van der Waals surface area contributed by atoms with Crippen molar-refractivity contribution in [2.75, 3.05) is 6.17 Å². The molecular weight excluding hydrogens is 181 g/mol. The van der Waals surface area contributed by atoms with E-state index in [1.54, 1.807) is 0 Å². The topological polar surface area (TPSA) is 3.24 Å². The van der Waals surface area contributed by atoms with E-state index in [1.165, 1.54) is 0 Å². The summed E-state index contributed by atoms with van der Waals surface area (Å²) in [6.45, 7) is 10.6. The van der Waals surface area contributed by atoms with Gasteiger partial charge in [-0.05, 0) is 32.4 Å². The number of halogens is 1. The summed E-state index contributed by atoms with van der Waals surface area (Å²) in [7, 11) is -2.37. The van der Waals surface area contributed by atoms with Gasteiger partial charge in [0.1, 0.15) is 0 Å². The summed E-state index contributed by atoms with van der Waals surface area (Å²) in [5, 5.41) is 0. The van der Waals surface area contributed by atoms with Gasteiger partial charge >= 0.3 is 0 Å². The molecule has 0 bridgehead atoms. The van der Waals surface area contributed by atoms with Crippen molar-refractivity contribution < 1.29 is 4.11 Å². The van der Waals surface area contributed by atoms with Gasteiger partial charge in [0.25, 0.3) is 8.41 Å². The Morgan fingerprint density at radius 1 is 1.31 bits per heavy atom. The van der Waals surface area contributed by atoms with E-state index in [0.717, 1.165) is 12.2 Å². The molecule has 1 rings (SSSR count). The highest BCUT2D eigenvalue weighted by atomic mass is 28.4. The van der Waals surface area contributed by atoms with Crippen LogP contribution < -0.4 is 0 Å². The molecule has 1 saturated heterocycles. The van der Waals surface area contributed by atoms with Crippen molar-refractivity contribution in [3.63, 3.8) is 0 Å². The van der Waals surface area contributed by atoms with Gasteiger partial charge in [-0.1, -0.05) is 13.8 Å². The molecule has 78 valence electrons. The quantitative estimate of drug-likeness (QED) is 0.493. The molecule has 3 heteroatoms. The standard InChI is InChI=1S/C10H22FNSi/c1-8(2)10-6-13(5,11)7-12(10)9(3)4/h8-10H,6-7H2,1-5H3. The van der Waals surface area contributed by atoms with Gasteiger partial charge in [0.05, 0.1) is 0 Å². The van der Waals surface area contributed by atoms with Crippen LogP contribution in [0, 0.1) is 5.92 Å². The van der Waals surface area contributed by atoms with Crippen LogP contribution in [0.15, 0.2) is 0 Å². The molecule has 0 aromatic heterocycles. The molecule has 1 fully saturated rings. The van der Waals surface area contributed by atoms with E-state index in [9.17, 15) is 4.11 Å². The van der Waals surface area contributed by atoms with Crippen molar-refractivity contribution in [3.05, 3.63) is 0 Å². The van der Waals surface area contributed by atoms with E-state index >= 15 is 0 Å². The molecule has 0 spiro atoms. The molecule has 0 saturated carbocycles. The first-order valence-electron chi connectivity index (χ1n) is 5.28.